The van der Waals surface area contributed by atoms with E-state index < -0.39 is 10.0 Å². The highest BCUT2D eigenvalue weighted by Crippen LogP contribution is 2.29. The quantitative estimate of drug-likeness (QED) is 0.304. The number of β-amino-alcohol motifs (C(OH)–C–C–N with tert-alkyl or cyclic N) is 1. The van der Waals surface area contributed by atoms with Gasteiger partial charge in [-0.25, -0.2) is 18.4 Å². The molecule has 198 valence electrons. The van der Waals surface area contributed by atoms with Crippen LogP contribution in [0.3, 0.4) is 0 Å². The van der Waals surface area contributed by atoms with Gasteiger partial charge >= 0.3 is 0 Å². The first-order valence-corrected chi connectivity index (χ1v) is 14.5. The number of carbonyl (C=O) groups excluding carboxylic acids is 1. The fourth-order valence-corrected chi connectivity index (χ4v) is 6.47. The number of benzene rings is 2. The molecule has 0 bridgehead atoms. The van der Waals surface area contributed by atoms with Crippen molar-refractivity contribution in [2.45, 2.75) is 11.8 Å². The molecule has 38 heavy (non-hydrogen) atoms. The van der Waals surface area contributed by atoms with Gasteiger partial charge < -0.3 is 15.3 Å². The number of fused-ring (bicyclic) bond motifs is 1. The summed E-state index contributed by atoms with van der Waals surface area (Å²) in [6.45, 7) is 5.23. The van der Waals surface area contributed by atoms with E-state index in [9.17, 15) is 13.2 Å². The average molecular weight is 553 g/mol. The number of sulfonamides is 1. The van der Waals surface area contributed by atoms with Crippen molar-refractivity contribution in [3.05, 3.63) is 71.9 Å². The summed E-state index contributed by atoms with van der Waals surface area (Å²) in [6, 6.07) is 15.5. The Morgan fingerprint density at radius 2 is 1.84 bits per heavy atom. The summed E-state index contributed by atoms with van der Waals surface area (Å²) in [5.41, 5.74) is 2.86. The van der Waals surface area contributed by atoms with Gasteiger partial charge in [-0.05, 0) is 61.0 Å². The smallest absolute Gasteiger partial charge is 0.263 e. The topological polar surface area (TPSA) is 128 Å². The Morgan fingerprint density at radius 3 is 2.58 bits per heavy atom. The number of aliphatic hydroxyl groups is 1. The molecule has 0 saturated carbocycles. The number of thiazole rings is 1. The predicted octanol–water partition coefficient (Wildman–Crippen LogP) is 3.29. The van der Waals surface area contributed by atoms with E-state index in [0.717, 1.165) is 15.8 Å². The Bertz CT molecular complexity index is 1550. The number of hydrogen-bond acceptors (Lipinski definition) is 9. The lowest BCUT2D eigenvalue weighted by Gasteiger charge is -2.34. The lowest BCUT2D eigenvalue weighted by Crippen LogP contribution is -2.49. The normalized spacial score (nSPS) is 14.5. The molecule has 5 rings (SSSR count). The van der Waals surface area contributed by atoms with Crippen molar-refractivity contribution in [3.8, 4) is 0 Å². The van der Waals surface area contributed by atoms with E-state index in [2.05, 4.69) is 24.9 Å². The molecule has 3 N–H and O–H groups in total. The van der Waals surface area contributed by atoms with Crippen molar-refractivity contribution in [3.63, 3.8) is 0 Å². The SMILES string of the molecule is Cc1ccc2nc(NS(=O)(=O)c3ccc(Nc4ncccc4C(=O)N4CCN(CCO)CC4)cc3)sc2c1. The minimum absolute atomic E-state index is 0.0940. The van der Waals surface area contributed by atoms with Crippen molar-refractivity contribution < 1.29 is 18.3 Å². The van der Waals surface area contributed by atoms with Crippen LogP contribution in [0.25, 0.3) is 10.2 Å². The molecule has 10 nitrogen and oxygen atoms in total. The number of carbonyl (C=O) groups is 1. The fraction of sp³-hybridized carbons (Fsp3) is 0.269. The molecule has 1 saturated heterocycles. The molecular weight excluding hydrogens is 524 g/mol. The second kappa shape index (κ2) is 11.0. The van der Waals surface area contributed by atoms with Crippen molar-refractivity contribution in [1.29, 1.82) is 0 Å². The Morgan fingerprint density at radius 1 is 1.08 bits per heavy atom. The molecule has 3 heterocycles. The summed E-state index contributed by atoms with van der Waals surface area (Å²) in [5, 5.41) is 12.6. The predicted molar refractivity (Wildman–Crippen MR) is 149 cm³/mol. The first-order valence-electron chi connectivity index (χ1n) is 12.2. The van der Waals surface area contributed by atoms with Crippen LogP contribution in [0, 0.1) is 6.92 Å². The molecule has 2 aromatic heterocycles. The highest BCUT2D eigenvalue weighted by atomic mass is 32.2. The number of aliphatic hydroxyl groups excluding tert-OH is 1. The van der Waals surface area contributed by atoms with E-state index in [1.165, 1.54) is 23.5 Å². The zero-order valence-corrected chi connectivity index (χ0v) is 22.4. The fourth-order valence-electron chi connectivity index (χ4n) is 4.27. The number of aryl methyl sites for hydroxylation is 1. The summed E-state index contributed by atoms with van der Waals surface area (Å²) in [5.74, 6) is 0.271. The van der Waals surface area contributed by atoms with E-state index in [1.54, 1.807) is 35.4 Å². The first-order chi connectivity index (χ1) is 18.3. The number of nitrogens with zero attached hydrogens (tertiary/aromatic N) is 4. The molecule has 1 aliphatic rings. The third-order valence-corrected chi connectivity index (χ3v) is 8.72. The van der Waals surface area contributed by atoms with Gasteiger partial charge in [0, 0.05) is 44.6 Å². The van der Waals surface area contributed by atoms with Gasteiger partial charge in [-0.1, -0.05) is 17.4 Å². The van der Waals surface area contributed by atoms with Crippen LogP contribution in [0.15, 0.2) is 65.7 Å². The number of pyridine rings is 1. The summed E-state index contributed by atoms with van der Waals surface area (Å²) in [4.78, 5) is 25.9. The van der Waals surface area contributed by atoms with Crippen molar-refractivity contribution in [1.82, 2.24) is 19.8 Å². The molecule has 0 atom stereocenters. The van der Waals surface area contributed by atoms with Crippen molar-refractivity contribution >= 4 is 54.1 Å². The van der Waals surface area contributed by atoms with Crippen LogP contribution in [-0.2, 0) is 10.0 Å². The van der Waals surface area contributed by atoms with Crippen molar-refractivity contribution in [2.24, 2.45) is 0 Å². The molecule has 0 spiro atoms. The van der Waals surface area contributed by atoms with Crippen LogP contribution in [-0.4, -0.2) is 78.5 Å². The lowest BCUT2D eigenvalue weighted by molar-refractivity contribution is 0.0615. The summed E-state index contributed by atoms with van der Waals surface area (Å²) in [7, 11) is -3.83. The van der Waals surface area contributed by atoms with Gasteiger partial charge in [0.05, 0.1) is 27.3 Å². The number of hydrogen-bond donors (Lipinski definition) is 3. The van der Waals surface area contributed by atoms with E-state index >= 15 is 0 Å². The monoisotopic (exact) mass is 552 g/mol. The number of piperazine rings is 1. The van der Waals surface area contributed by atoms with Crippen molar-refractivity contribution in [2.75, 3.05) is 49.4 Å². The number of aromatic nitrogens is 2. The van der Waals surface area contributed by atoms with E-state index in [0.29, 0.717) is 54.9 Å². The second-order valence-corrected chi connectivity index (χ2v) is 11.7. The van der Waals surface area contributed by atoms with Crippen LogP contribution < -0.4 is 10.0 Å². The summed E-state index contributed by atoms with van der Waals surface area (Å²) >= 11 is 1.28. The molecule has 1 fully saturated rings. The zero-order valence-electron chi connectivity index (χ0n) is 20.8. The van der Waals surface area contributed by atoms with Gasteiger partial charge in [0.2, 0.25) is 0 Å². The summed E-state index contributed by atoms with van der Waals surface area (Å²) < 4.78 is 29.4. The largest absolute Gasteiger partial charge is 0.395 e. The van der Waals surface area contributed by atoms with Gasteiger partial charge in [-0.3, -0.25) is 14.4 Å². The molecule has 4 aromatic rings. The molecule has 12 heteroatoms. The van der Waals surface area contributed by atoms with Gasteiger partial charge in [-0.2, -0.15) is 0 Å². The highest BCUT2D eigenvalue weighted by molar-refractivity contribution is 7.93. The standard InChI is InChI=1S/C26H28N6O4S2/c1-18-4-9-22-23(17-18)37-26(29-22)30-38(35,36)20-7-5-19(6-8-20)28-24-21(3-2-10-27-24)25(34)32-13-11-31(12-14-32)15-16-33/h2-10,17,33H,11-16H2,1H3,(H,27,28)(H,29,30). The Balaban J connectivity index is 1.28. The van der Waals surface area contributed by atoms with Crippen LogP contribution in [0.5, 0.6) is 0 Å². The number of nitrogens with one attached hydrogen (secondary N) is 2. The van der Waals surface area contributed by atoms with Gasteiger partial charge in [0.15, 0.2) is 5.13 Å². The Kier molecular flexibility index (Phi) is 7.56. The maximum Gasteiger partial charge on any atom is 0.263 e. The minimum Gasteiger partial charge on any atom is -0.395 e. The van der Waals surface area contributed by atoms with Crippen LogP contribution in [0.1, 0.15) is 15.9 Å². The average Bonchev–Trinajstić information content (AvgIpc) is 3.30. The molecule has 0 aliphatic carbocycles. The van der Waals surface area contributed by atoms with Gasteiger partial charge in [-0.15, -0.1) is 0 Å². The minimum atomic E-state index is -3.83. The molecule has 1 amide bonds. The number of amides is 1. The third-order valence-electron chi connectivity index (χ3n) is 6.31. The molecule has 1 aliphatic heterocycles. The number of anilines is 3. The second-order valence-electron chi connectivity index (χ2n) is 9.00. The van der Waals surface area contributed by atoms with Gasteiger partial charge in [0.25, 0.3) is 15.9 Å². The maximum atomic E-state index is 13.2. The highest BCUT2D eigenvalue weighted by Gasteiger charge is 2.24. The zero-order chi connectivity index (χ0) is 26.7. The molecule has 2 aromatic carbocycles. The van der Waals surface area contributed by atoms with E-state index in [4.69, 9.17) is 5.11 Å². The Labute approximate surface area is 225 Å². The van der Waals surface area contributed by atoms with Crippen LogP contribution in [0.2, 0.25) is 0 Å². The first kappa shape index (κ1) is 26.0. The maximum absolute atomic E-state index is 13.2. The summed E-state index contributed by atoms with van der Waals surface area (Å²) in [6.07, 6.45) is 1.60. The van der Waals surface area contributed by atoms with Crippen LogP contribution >= 0.6 is 11.3 Å². The molecule has 0 radical (unpaired) electrons. The molecular formula is C26H28N6O4S2. The van der Waals surface area contributed by atoms with Gasteiger partial charge in [0.1, 0.15) is 5.82 Å². The van der Waals surface area contributed by atoms with E-state index in [1.807, 2.05) is 25.1 Å². The van der Waals surface area contributed by atoms with E-state index in [-0.39, 0.29) is 17.4 Å². The Hall–Kier alpha value is -3.58. The van der Waals surface area contributed by atoms with Crippen LogP contribution in [0.4, 0.5) is 16.6 Å². The number of rotatable bonds is 8. The molecule has 0 unspecified atom stereocenters. The third kappa shape index (κ3) is 5.78. The lowest BCUT2D eigenvalue weighted by atomic mass is 10.2.